The van der Waals surface area contributed by atoms with Crippen LogP contribution in [0.25, 0.3) is 0 Å². The van der Waals surface area contributed by atoms with E-state index in [1.54, 1.807) is 7.05 Å². The van der Waals surface area contributed by atoms with Gasteiger partial charge < -0.3 is 5.32 Å². The Hall–Kier alpha value is -0.970. The molecule has 1 N–H and O–H groups in total. The molecule has 1 aromatic heterocycles. The molecule has 6 heteroatoms. The zero-order valence-electron chi connectivity index (χ0n) is 6.18. The van der Waals surface area contributed by atoms with Gasteiger partial charge in [0.05, 0.1) is 0 Å². The summed E-state index contributed by atoms with van der Waals surface area (Å²) in [5, 5.41) is 2.41. The molecule has 0 radical (unpaired) electrons. The van der Waals surface area contributed by atoms with E-state index in [-0.39, 0.29) is 16.8 Å². The summed E-state index contributed by atoms with van der Waals surface area (Å²) in [6, 6.07) is 1.15. The molecule has 0 saturated carbocycles. The molecule has 66 valence electrons. The number of alkyl halides is 2. The first-order chi connectivity index (χ1) is 5.63. The third kappa shape index (κ3) is 2.01. The fraction of sp³-hybridized carbons (Fsp3) is 0.333. The van der Waals surface area contributed by atoms with Crippen LogP contribution in [-0.2, 0) is 0 Å². The number of hydrogen-bond donors (Lipinski definition) is 1. The quantitative estimate of drug-likeness (QED) is 0.731. The van der Waals surface area contributed by atoms with Crippen molar-refractivity contribution in [2.75, 3.05) is 12.4 Å². The lowest BCUT2D eigenvalue weighted by Crippen LogP contribution is -1.98. The van der Waals surface area contributed by atoms with E-state index in [0.29, 0.717) is 0 Å². The summed E-state index contributed by atoms with van der Waals surface area (Å²) in [5.74, 6) is 0.283. The summed E-state index contributed by atoms with van der Waals surface area (Å²) in [6.45, 7) is 0. The Bertz CT molecular complexity index is 279. The van der Waals surface area contributed by atoms with E-state index in [0.717, 1.165) is 6.07 Å². The molecule has 0 atom stereocenters. The predicted octanol–water partition coefficient (Wildman–Crippen LogP) is 2.11. The zero-order valence-corrected chi connectivity index (χ0v) is 6.94. The maximum absolute atomic E-state index is 12.1. The summed E-state index contributed by atoms with van der Waals surface area (Å²) >= 11 is 5.38. The minimum absolute atomic E-state index is 0.183. The van der Waals surface area contributed by atoms with Crippen molar-refractivity contribution in [3.8, 4) is 0 Å². The van der Waals surface area contributed by atoms with Gasteiger partial charge in [-0.1, -0.05) is 0 Å². The van der Waals surface area contributed by atoms with Crippen molar-refractivity contribution in [3.05, 3.63) is 17.0 Å². The largest absolute Gasteiger partial charge is 0.373 e. The zero-order chi connectivity index (χ0) is 9.14. The van der Waals surface area contributed by atoms with Crippen molar-refractivity contribution in [2.24, 2.45) is 0 Å². The SMILES string of the molecule is CNc1cc(C(F)F)nc(Cl)n1. The molecule has 1 aromatic rings. The van der Waals surface area contributed by atoms with Crippen LogP contribution in [-0.4, -0.2) is 17.0 Å². The standard InChI is InChI=1S/C6H6ClF2N3/c1-10-4-2-3(5(8)9)11-6(7)12-4/h2,5H,1H3,(H,10,11,12). The van der Waals surface area contributed by atoms with Crippen molar-refractivity contribution in [1.29, 1.82) is 0 Å². The molecular weight excluding hydrogens is 188 g/mol. The van der Waals surface area contributed by atoms with Gasteiger partial charge in [-0.3, -0.25) is 0 Å². The van der Waals surface area contributed by atoms with E-state index in [4.69, 9.17) is 11.6 Å². The second-order valence-electron chi connectivity index (χ2n) is 2.00. The van der Waals surface area contributed by atoms with Crippen LogP contribution in [0.3, 0.4) is 0 Å². The van der Waals surface area contributed by atoms with Gasteiger partial charge in [-0.15, -0.1) is 0 Å². The highest BCUT2D eigenvalue weighted by Crippen LogP contribution is 2.20. The van der Waals surface area contributed by atoms with Crippen LogP contribution in [0.5, 0.6) is 0 Å². The highest BCUT2D eigenvalue weighted by atomic mass is 35.5. The summed E-state index contributed by atoms with van der Waals surface area (Å²) in [7, 11) is 1.56. The summed E-state index contributed by atoms with van der Waals surface area (Å²) in [4.78, 5) is 6.99. The van der Waals surface area contributed by atoms with Crippen molar-refractivity contribution in [2.45, 2.75) is 6.43 Å². The Balaban J connectivity index is 3.06. The van der Waals surface area contributed by atoms with Gasteiger partial charge in [0.1, 0.15) is 11.5 Å². The van der Waals surface area contributed by atoms with Gasteiger partial charge in [-0.25, -0.2) is 18.7 Å². The molecule has 0 aliphatic carbocycles. The second kappa shape index (κ2) is 3.62. The average molecular weight is 194 g/mol. The van der Waals surface area contributed by atoms with Gasteiger partial charge in [-0.05, 0) is 11.6 Å². The number of hydrogen-bond acceptors (Lipinski definition) is 3. The molecule has 0 aliphatic rings. The van der Waals surface area contributed by atoms with E-state index >= 15 is 0 Å². The van der Waals surface area contributed by atoms with Crippen LogP contribution < -0.4 is 5.32 Å². The first kappa shape index (κ1) is 9.12. The number of rotatable bonds is 2. The van der Waals surface area contributed by atoms with Crippen LogP contribution in [0.15, 0.2) is 6.07 Å². The number of anilines is 1. The molecule has 0 spiro atoms. The minimum atomic E-state index is -2.63. The number of nitrogens with one attached hydrogen (secondary N) is 1. The van der Waals surface area contributed by atoms with E-state index in [9.17, 15) is 8.78 Å². The van der Waals surface area contributed by atoms with Crippen LogP contribution in [0, 0.1) is 0 Å². The normalized spacial score (nSPS) is 10.4. The molecule has 0 fully saturated rings. The molecule has 1 rings (SSSR count). The predicted molar refractivity (Wildman–Crippen MR) is 41.5 cm³/mol. The fourth-order valence-corrected chi connectivity index (χ4v) is 0.864. The Kier molecular flexibility index (Phi) is 2.75. The number of halogens is 3. The lowest BCUT2D eigenvalue weighted by atomic mass is 10.4. The summed E-state index contributed by atoms with van der Waals surface area (Å²) in [6.07, 6.45) is -2.63. The topological polar surface area (TPSA) is 37.8 Å². The molecule has 0 unspecified atom stereocenters. The first-order valence-electron chi connectivity index (χ1n) is 3.14. The number of aromatic nitrogens is 2. The highest BCUT2D eigenvalue weighted by Gasteiger charge is 2.11. The number of nitrogens with zero attached hydrogens (tertiary/aromatic N) is 2. The van der Waals surface area contributed by atoms with Gasteiger partial charge in [0.15, 0.2) is 0 Å². The van der Waals surface area contributed by atoms with Crippen molar-refractivity contribution in [1.82, 2.24) is 9.97 Å². The lowest BCUT2D eigenvalue weighted by Gasteiger charge is -2.02. The molecule has 1 heterocycles. The van der Waals surface area contributed by atoms with Gasteiger partial charge in [0.2, 0.25) is 5.28 Å². The van der Waals surface area contributed by atoms with E-state index in [1.165, 1.54) is 0 Å². The van der Waals surface area contributed by atoms with E-state index < -0.39 is 6.43 Å². The van der Waals surface area contributed by atoms with Crippen molar-refractivity contribution < 1.29 is 8.78 Å². The highest BCUT2D eigenvalue weighted by molar-refractivity contribution is 6.28. The minimum Gasteiger partial charge on any atom is -0.373 e. The van der Waals surface area contributed by atoms with Crippen molar-refractivity contribution >= 4 is 17.4 Å². The molecule has 0 bridgehead atoms. The molecule has 0 aromatic carbocycles. The smallest absolute Gasteiger partial charge is 0.280 e. The lowest BCUT2D eigenvalue weighted by molar-refractivity contribution is 0.146. The maximum Gasteiger partial charge on any atom is 0.280 e. The van der Waals surface area contributed by atoms with Crippen molar-refractivity contribution in [3.63, 3.8) is 0 Å². The van der Waals surface area contributed by atoms with E-state index in [1.807, 2.05) is 0 Å². The molecule has 12 heavy (non-hydrogen) atoms. The molecule has 0 aliphatic heterocycles. The Morgan fingerprint density at radius 1 is 1.50 bits per heavy atom. The van der Waals surface area contributed by atoms with Gasteiger partial charge in [0.25, 0.3) is 6.43 Å². The summed E-state index contributed by atoms with van der Waals surface area (Å²) in [5.41, 5.74) is -0.376. The third-order valence-electron chi connectivity index (χ3n) is 1.20. The monoisotopic (exact) mass is 193 g/mol. The maximum atomic E-state index is 12.1. The first-order valence-corrected chi connectivity index (χ1v) is 3.51. The molecule has 0 saturated heterocycles. The van der Waals surface area contributed by atoms with Gasteiger partial charge in [-0.2, -0.15) is 0 Å². The Morgan fingerprint density at radius 2 is 2.17 bits per heavy atom. The van der Waals surface area contributed by atoms with E-state index in [2.05, 4.69) is 15.3 Å². The third-order valence-corrected chi connectivity index (χ3v) is 1.37. The fourth-order valence-electron chi connectivity index (χ4n) is 0.675. The molecular formula is C6H6ClF2N3. The summed E-state index contributed by atoms with van der Waals surface area (Å²) < 4.78 is 24.2. The second-order valence-corrected chi connectivity index (χ2v) is 2.34. The Morgan fingerprint density at radius 3 is 2.67 bits per heavy atom. The van der Waals surface area contributed by atoms with Gasteiger partial charge in [0, 0.05) is 13.1 Å². The van der Waals surface area contributed by atoms with Crippen LogP contribution >= 0.6 is 11.6 Å². The molecule has 0 amide bonds. The van der Waals surface area contributed by atoms with Gasteiger partial charge >= 0.3 is 0 Å². The Labute approximate surface area is 72.8 Å². The van der Waals surface area contributed by atoms with Crippen LogP contribution in [0.1, 0.15) is 12.1 Å². The average Bonchev–Trinajstić information content (AvgIpc) is 2.03. The van der Waals surface area contributed by atoms with Crippen LogP contribution in [0.4, 0.5) is 14.6 Å². The molecule has 3 nitrogen and oxygen atoms in total. The van der Waals surface area contributed by atoms with Crippen LogP contribution in [0.2, 0.25) is 5.28 Å².